The fourth-order valence-electron chi connectivity index (χ4n) is 3.28. The average molecular weight is 377 g/mol. The molecule has 0 radical (unpaired) electrons. The van der Waals surface area contributed by atoms with Crippen molar-refractivity contribution in [3.63, 3.8) is 0 Å². The maximum Gasteiger partial charge on any atom is 0.272 e. The van der Waals surface area contributed by atoms with Crippen LogP contribution in [0.2, 0.25) is 0 Å². The summed E-state index contributed by atoms with van der Waals surface area (Å²) in [5, 5.41) is 5.48. The zero-order valence-electron chi connectivity index (χ0n) is 16.4. The van der Waals surface area contributed by atoms with Gasteiger partial charge in [0.05, 0.1) is 0 Å². The molecule has 3 rings (SSSR count). The molecule has 146 valence electrons. The first-order valence-electron chi connectivity index (χ1n) is 9.72. The molecule has 5 nitrogen and oxygen atoms in total. The molecule has 2 aromatic rings. The lowest BCUT2D eigenvalue weighted by Gasteiger charge is -2.32. The van der Waals surface area contributed by atoms with Gasteiger partial charge < -0.3 is 15.5 Å². The van der Waals surface area contributed by atoms with E-state index in [-0.39, 0.29) is 17.5 Å². The minimum atomic E-state index is -0.349. The van der Waals surface area contributed by atoms with Gasteiger partial charge in [-0.1, -0.05) is 37.3 Å². The first-order valence-corrected chi connectivity index (χ1v) is 9.72. The molecule has 1 fully saturated rings. The molecule has 0 aromatic heterocycles. The summed E-state index contributed by atoms with van der Waals surface area (Å²) in [7, 11) is 0. The lowest BCUT2D eigenvalue weighted by molar-refractivity contribution is -0.120. The van der Waals surface area contributed by atoms with Crippen LogP contribution < -0.4 is 15.5 Å². The van der Waals surface area contributed by atoms with Gasteiger partial charge >= 0.3 is 0 Å². The highest BCUT2D eigenvalue weighted by atomic mass is 16.2. The number of carbonyl (C=O) groups is 2. The van der Waals surface area contributed by atoms with Crippen molar-refractivity contribution in [1.82, 2.24) is 5.32 Å². The first kappa shape index (κ1) is 19.7. The number of carbonyl (C=O) groups excluding carboxylic acids is 2. The van der Waals surface area contributed by atoms with Gasteiger partial charge in [-0.25, -0.2) is 0 Å². The maximum atomic E-state index is 12.7. The van der Waals surface area contributed by atoms with Crippen LogP contribution in [0.25, 0.3) is 6.08 Å². The number of hydrogen-bond donors (Lipinski definition) is 2. The number of nitrogens with one attached hydrogen (secondary N) is 2. The molecule has 5 heteroatoms. The van der Waals surface area contributed by atoms with Crippen molar-refractivity contribution in [2.75, 3.05) is 23.3 Å². The molecule has 1 heterocycles. The third-order valence-corrected chi connectivity index (χ3v) is 4.94. The Morgan fingerprint density at radius 3 is 2.25 bits per heavy atom. The molecule has 0 aliphatic carbocycles. The lowest BCUT2D eigenvalue weighted by atomic mass is 9.99. The molecule has 1 aliphatic heterocycles. The summed E-state index contributed by atoms with van der Waals surface area (Å²) in [5.41, 5.74) is 2.93. The fraction of sp³-hybridized carbons (Fsp3) is 0.304. The minimum absolute atomic E-state index is 0.216. The number of amides is 2. The Balaban J connectivity index is 1.69. The molecule has 2 N–H and O–H groups in total. The van der Waals surface area contributed by atoms with E-state index in [1.54, 1.807) is 6.08 Å². The third-order valence-electron chi connectivity index (χ3n) is 4.94. The van der Waals surface area contributed by atoms with E-state index in [9.17, 15) is 9.59 Å². The Kier molecular flexibility index (Phi) is 6.48. The van der Waals surface area contributed by atoms with Crippen LogP contribution in [0, 0.1) is 5.92 Å². The summed E-state index contributed by atoms with van der Waals surface area (Å²) < 4.78 is 0. The topological polar surface area (TPSA) is 61.4 Å². The number of rotatable bonds is 5. The average Bonchev–Trinajstić information content (AvgIpc) is 2.69. The molecule has 1 aliphatic rings. The van der Waals surface area contributed by atoms with Gasteiger partial charge in [0.1, 0.15) is 5.70 Å². The monoisotopic (exact) mass is 377 g/mol. The van der Waals surface area contributed by atoms with Crippen molar-refractivity contribution in [2.24, 2.45) is 5.92 Å². The lowest BCUT2D eigenvalue weighted by Crippen LogP contribution is -2.32. The van der Waals surface area contributed by atoms with Crippen molar-refractivity contribution < 1.29 is 9.59 Å². The smallest absolute Gasteiger partial charge is 0.272 e. The van der Waals surface area contributed by atoms with Crippen molar-refractivity contribution >= 4 is 29.3 Å². The predicted molar refractivity (Wildman–Crippen MR) is 114 cm³/mol. The third kappa shape index (κ3) is 5.46. The van der Waals surface area contributed by atoms with Crippen LogP contribution in [0.3, 0.4) is 0 Å². The van der Waals surface area contributed by atoms with Crippen molar-refractivity contribution in [1.29, 1.82) is 0 Å². The molecule has 0 saturated carbocycles. The van der Waals surface area contributed by atoms with Gasteiger partial charge in [0.15, 0.2) is 0 Å². The largest absolute Gasteiger partial charge is 0.372 e. The summed E-state index contributed by atoms with van der Waals surface area (Å²) in [6.45, 7) is 5.82. The predicted octanol–water partition coefficient (Wildman–Crippen LogP) is 4.04. The Morgan fingerprint density at radius 2 is 1.64 bits per heavy atom. The molecule has 2 amide bonds. The van der Waals surface area contributed by atoms with Crippen molar-refractivity contribution in [2.45, 2.75) is 26.7 Å². The van der Waals surface area contributed by atoms with E-state index in [1.807, 2.05) is 54.6 Å². The number of nitrogens with zero attached hydrogens (tertiary/aromatic N) is 1. The molecule has 0 atom stereocenters. The summed E-state index contributed by atoms with van der Waals surface area (Å²) >= 11 is 0. The second-order valence-electron chi connectivity index (χ2n) is 7.32. The van der Waals surface area contributed by atoms with Crippen LogP contribution in [0.4, 0.5) is 11.4 Å². The van der Waals surface area contributed by atoms with E-state index >= 15 is 0 Å². The van der Waals surface area contributed by atoms with E-state index in [0.717, 1.165) is 24.6 Å². The molecule has 2 aromatic carbocycles. The summed E-state index contributed by atoms with van der Waals surface area (Å²) in [5.74, 6) is 0.156. The van der Waals surface area contributed by atoms with E-state index in [2.05, 4.69) is 22.5 Å². The first-order chi connectivity index (χ1) is 13.5. The van der Waals surface area contributed by atoms with Gasteiger partial charge in [0.2, 0.25) is 5.91 Å². The molecule has 0 unspecified atom stereocenters. The normalized spacial score (nSPS) is 15.2. The van der Waals surface area contributed by atoms with Gasteiger partial charge in [-0.2, -0.15) is 0 Å². The number of anilines is 2. The van der Waals surface area contributed by atoms with E-state index in [4.69, 9.17) is 0 Å². The Bertz CT molecular complexity index is 836. The number of benzene rings is 2. The minimum Gasteiger partial charge on any atom is -0.372 e. The number of piperidine rings is 1. The van der Waals surface area contributed by atoms with Crippen LogP contribution in [0.5, 0.6) is 0 Å². The Hall–Kier alpha value is -3.08. The van der Waals surface area contributed by atoms with E-state index in [0.29, 0.717) is 5.69 Å². The van der Waals surface area contributed by atoms with E-state index in [1.165, 1.54) is 25.5 Å². The SMILES string of the molecule is CC(=O)N/C(=C\c1ccccc1)C(=O)Nc1ccc(N2CCC(C)CC2)cc1. The zero-order valence-corrected chi connectivity index (χ0v) is 16.4. The second kappa shape index (κ2) is 9.22. The highest BCUT2D eigenvalue weighted by Crippen LogP contribution is 2.24. The molecule has 1 saturated heterocycles. The Morgan fingerprint density at radius 1 is 1.00 bits per heavy atom. The molecular weight excluding hydrogens is 350 g/mol. The van der Waals surface area contributed by atoms with Crippen molar-refractivity contribution in [3.8, 4) is 0 Å². The van der Waals surface area contributed by atoms with Gasteiger partial charge in [-0.3, -0.25) is 9.59 Å². The van der Waals surface area contributed by atoms with Crippen LogP contribution in [0.15, 0.2) is 60.3 Å². The Labute approximate surface area is 166 Å². The van der Waals surface area contributed by atoms with Gasteiger partial charge in [0, 0.05) is 31.4 Å². The molecule has 0 bridgehead atoms. The maximum absolute atomic E-state index is 12.7. The van der Waals surface area contributed by atoms with E-state index < -0.39 is 0 Å². The quantitative estimate of drug-likeness (QED) is 0.773. The molecule has 0 spiro atoms. The zero-order chi connectivity index (χ0) is 19.9. The summed E-state index contributed by atoms with van der Waals surface area (Å²) in [4.78, 5) is 26.6. The second-order valence-corrected chi connectivity index (χ2v) is 7.32. The van der Waals surface area contributed by atoms with Crippen LogP contribution >= 0.6 is 0 Å². The van der Waals surface area contributed by atoms with Crippen LogP contribution in [-0.2, 0) is 9.59 Å². The van der Waals surface area contributed by atoms with Crippen LogP contribution in [-0.4, -0.2) is 24.9 Å². The van der Waals surface area contributed by atoms with Gasteiger partial charge in [-0.05, 0) is 54.7 Å². The highest BCUT2D eigenvalue weighted by Gasteiger charge is 2.16. The molecule has 28 heavy (non-hydrogen) atoms. The fourth-order valence-corrected chi connectivity index (χ4v) is 3.28. The number of hydrogen-bond acceptors (Lipinski definition) is 3. The molecular formula is C23H27N3O2. The van der Waals surface area contributed by atoms with Gasteiger partial charge in [0.25, 0.3) is 5.91 Å². The highest BCUT2D eigenvalue weighted by molar-refractivity contribution is 6.08. The van der Waals surface area contributed by atoms with Crippen LogP contribution in [0.1, 0.15) is 32.3 Å². The standard InChI is InChI=1S/C23H27N3O2/c1-17-12-14-26(15-13-17)21-10-8-20(9-11-21)25-23(28)22(24-18(2)27)16-19-6-4-3-5-7-19/h3-11,16-17H,12-15H2,1-2H3,(H,24,27)(H,25,28)/b22-16-. The van der Waals surface area contributed by atoms with Crippen molar-refractivity contribution in [3.05, 3.63) is 65.9 Å². The van der Waals surface area contributed by atoms with Gasteiger partial charge in [-0.15, -0.1) is 0 Å². The summed E-state index contributed by atoms with van der Waals surface area (Å²) in [6.07, 6.45) is 4.09. The summed E-state index contributed by atoms with van der Waals surface area (Å²) in [6, 6.07) is 17.3.